The Morgan fingerprint density at radius 1 is 1.17 bits per heavy atom. The lowest BCUT2D eigenvalue weighted by Crippen LogP contribution is -2.40. The van der Waals surface area contributed by atoms with Gasteiger partial charge in [-0.15, -0.1) is 11.4 Å². The average Bonchev–Trinajstić information content (AvgIpc) is 2.95. The molecule has 0 radical (unpaired) electrons. The molecule has 3 rings (SSSR count). The van der Waals surface area contributed by atoms with Crippen molar-refractivity contribution in [3.05, 3.63) is 59.7 Å². The van der Waals surface area contributed by atoms with Crippen LogP contribution in [0.3, 0.4) is 0 Å². The fourth-order valence-corrected chi connectivity index (χ4v) is 2.93. The van der Waals surface area contributed by atoms with Crippen LogP contribution in [0.5, 0.6) is 11.5 Å². The third-order valence-corrected chi connectivity index (χ3v) is 4.42. The first kappa shape index (κ1) is 20.0. The van der Waals surface area contributed by atoms with Crippen molar-refractivity contribution in [2.75, 3.05) is 13.2 Å². The topological polar surface area (TPSA) is 80.2 Å². The lowest BCUT2D eigenvalue weighted by molar-refractivity contribution is -0.131. The molecule has 29 heavy (non-hydrogen) atoms. The summed E-state index contributed by atoms with van der Waals surface area (Å²) in [5.74, 6) is 2.95. The number of amides is 3. The number of rotatable bonds is 7. The van der Waals surface area contributed by atoms with Gasteiger partial charge < -0.3 is 14.8 Å². The summed E-state index contributed by atoms with van der Waals surface area (Å²) in [7, 11) is 0. The number of urea groups is 1. The molecule has 2 aromatic rings. The van der Waals surface area contributed by atoms with Crippen molar-refractivity contribution >= 4 is 18.2 Å². The van der Waals surface area contributed by atoms with Crippen molar-refractivity contribution in [2.24, 2.45) is 5.10 Å². The van der Waals surface area contributed by atoms with Crippen molar-refractivity contribution in [3.63, 3.8) is 0 Å². The molecule has 2 aromatic carbocycles. The fourth-order valence-electron chi connectivity index (χ4n) is 2.93. The molecule has 1 fully saturated rings. The largest absolute Gasteiger partial charge is 0.490 e. The summed E-state index contributed by atoms with van der Waals surface area (Å²) in [4.78, 5) is 25.2. The van der Waals surface area contributed by atoms with Gasteiger partial charge in [0.1, 0.15) is 12.1 Å². The number of hydrogen-bond donors (Lipinski definition) is 1. The lowest BCUT2D eigenvalue weighted by atomic mass is 9.92. The van der Waals surface area contributed by atoms with Crippen LogP contribution in [0.25, 0.3) is 0 Å². The maximum atomic E-state index is 12.9. The molecule has 1 aliphatic rings. The van der Waals surface area contributed by atoms with Gasteiger partial charge in [0.25, 0.3) is 5.91 Å². The Kier molecular flexibility index (Phi) is 5.84. The van der Waals surface area contributed by atoms with Gasteiger partial charge in [0.15, 0.2) is 11.5 Å². The van der Waals surface area contributed by atoms with E-state index in [2.05, 4.69) is 16.3 Å². The number of nitrogens with one attached hydrogen (secondary N) is 1. The van der Waals surface area contributed by atoms with Crippen molar-refractivity contribution in [1.82, 2.24) is 10.3 Å². The zero-order valence-electron chi connectivity index (χ0n) is 16.2. The molecule has 0 bridgehead atoms. The minimum atomic E-state index is -1.17. The standard InChI is InChI=1S/C22H21N3O4/c1-4-13-29-18-12-11-16(14-19(18)28-5-2)15-23-25-20(26)22(3,24-21(25)27)17-9-7-6-8-10-17/h1,6-12,14-15H,5,13H2,2-3H3,(H,24,27)/b23-15-/t22-/m0/s1. The molecule has 0 spiro atoms. The molecule has 1 heterocycles. The SMILES string of the molecule is C#CCOc1ccc(/C=N\N2C(=O)N[C@@](C)(c3ccccc3)C2=O)cc1OCC. The van der Waals surface area contributed by atoms with Crippen LogP contribution >= 0.6 is 0 Å². The predicted octanol–water partition coefficient (Wildman–Crippen LogP) is 2.90. The Balaban J connectivity index is 1.82. The number of carbonyl (C=O) groups is 2. The van der Waals surface area contributed by atoms with Crippen LogP contribution in [-0.4, -0.2) is 36.4 Å². The summed E-state index contributed by atoms with van der Waals surface area (Å²) < 4.78 is 11.0. The van der Waals surface area contributed by atoms with Crippen LogP contribution in [0.2, 0.25) is 0 Å². The van der Waals surface area contributed by atoms with Gasteiger partial charge in [-0.3, -0.25) is 4.79 Å². The van der Waals surface area contributed by atoms with Crippen LogP contribution in [0, 0.1) is 12.3 Å². The maximum Gasteiger partial charge on any atom is 0.346 e. The van der Waals surface area contributed by atoms with Gasteiger partial charge in [-0.05, 0) is 43.2 Å². The smallest absolute Gasteiger partial charge is 0.346 e. The minimum absolute atomic E-state index is 0.119. The highest BCUT2D eigenvalue weighted by Gasteiger charge is 2.49. The quantitative estimate of drug-likeness (QED) is 0.447. The predicted molar refractivity (Wildman–Crippen MR) is 109 cm³/mol. The van der Waals surface area contributed by atoms with Gasteiger partial charge in [0, 0.05) is 0 Å². The van der Waals surface area contributed by atoms with E-state index in [1.165, 1.54) is 6.21 Å². The number of nitrogens with zero attached hydrogens (tertiary/aromatic N) is 2. The number of carbonyl (C=O) groups excluding carboxylic acids is 2. The van der Waals surface area contributed by atoms with Gasteiger partial charge in [0.2, 0.25) is 0 Å². The molecule has 1 aliphatic heterocycles. The Morgan fingerprint density at radius 2 is 1.93 bits per heavy atom. The summed E-state index contributed by atoms with van der Waals surface area (Å²) >= 11 is 0. The van der Waals surface area contributed by atoms with Crippen molar-refractivity contribution < 1.29 is 19.1 Å². The molecule has 3 amide bonds. The Hall–Kier alpha value is -3.79. The zero-order valence-corrected chi connectivity index (χ0v) is 16.2. The highest BCUT2D eigenvalue weighted by Crippen LogP contribution is 2.30. The van der Waals surface area contributed by atoms with Gasteiger partial charge in [-0.25, -0.2) is 4.79 Å². The summed E-state index contributed by atoms with van der Waals surface area (Å²) in [6.45, 7) is 4.07. The second-order valence-corrected chi connectivity index (χ2v) is 6.41. The highest BCUT2D eigenvalue weighted by atomic mass is 16.5. The molecule has 1 saturated heterocycles. The third kappa shape index (κ3) is 4.06. The van der Waals surface area contributed by atoms with E-state index in [0.29, 0.717) is 29.2 Å². The van der Waals surface area contributed by atoms with E-state index in [-0.39, 0.29) is 6.61 Å². The van der Waals surface area contributed by atoms with E-state index in [9.17, 15) is 9.59 Å². The van der Waals surface area contributed by atoms with Crippen LogP contribution in [0.1, 0.15) is 25.0 Å². The van der Waals surface area contributed by atoms with Gasteiger partial charge in [0.05, 0.1) is 12.8 Å². The Labute approximate surface area is 169 Å². The minimum Gasteiger partial charge on any atom is -0.490 e. The normalized spacial score (nSPS) is 18.6. The molecule has 0 aromatic heterocycles. The number of ether oxygens (including phenoxy) is 2. The van der Waals surface area contributed by atoms with Crippen LogP contribution in [0.4, 0.5) is 4.79 Å². The summed E-state index contributed by atoms with van der Waals surface area (Å²) in [5, 5.41) is 7.62. The Bertz CT molecular complexity index is 981. The second kappa shape index (κ2) is 8.48. The van der Waals surface area contributed by atoms with E-state index in [1.807, 2.05) is 25.1 Å². The van der Waals surface area contributed by atoms with E-state index in [0.717, 1.165) is 5.01 Å². The molecule has 1 N–H and O–H groups in total. The maximum absolute atomic E-state index is 12.9. The van der Waals surface area contributed by atoms with Crippen LogP contribution in [0.15, 0.2) is 53.6 Å². The molecule has 7 nitrogen and oxygen atoms in total. The molecule has 0 aliphatic carbocycles. The van der Waals surface area contributed by atoms with Gasteiger partial charge in [-0.1, -0.05) is 36.3 Å². The third-order valence-electron chi connectivity index (χ3n) is 4.42. The number of terminal acetylenes is 1. The van der Waals surface area contributed by atoms with Crippen molar-refractivity contribution in [1.29, 1.82) is 0 Å². The lowest BCUT2D eigenvalue weighted by Gasteiger charge is -2.20. The monoisotopic (exact) mass is 391 g/mol. The first-order valence-corrected chi connectivity index (χ1v) is 9.09. The number of hydrazone groups is 1. The number of hydrogen-bond acceptors (Lipinski definition) is 5. The first-order chi connectivity index (χ1) is 14.0. The van der Waals surface area contributed by atoms with E-state index in [4.69, 9.17) is 15.9 Å². The highest BCUT2D eigenvalue weighted by molar-refractivity contribution is 6.07. The first-order valence-electron chi connectivity index (χ1n) is 9.09. The average molecular weight is 391 g/mol. The van der Waals surface area contributed by atoms with Crippen LogP contribution < -0.4 is 14.8 Å². The zero-order chi connectivity index (χ0) is 20.9. The van der Waals surface area contributed by atoms with E-state index < -0.39 is 17.5 Å². The van der Waals surface area contributed by atoms with Crippen molar-refractivity contribution in [3.8, 4) is 23.8 Å². The van der Waals surface area contributed by atoms with E-state index >= 15 is 0 Å². The van der Waals surface area contributed by atoms with Crippen LogP contribution in [-0.2, 0) is 10.3 Å². The summed E-state index contributed by atoms with van der Waals surface area (Å²) in [6.07, 6.45) is 6.64. The molecule has 7 heteroatoms. The second-order valence-electron chi connectivity index (χ2n) is 6.41. The fraction of sp³-hybridized carbons (Fsp3) is 0.227. The number of benzene rings is 2. The molecule has 148 valence electrons. The van der Waals surface area contributed by atoms with Gasteiger partial charge in [-0.2, -0.15) is 5.10 Å². The molecular weight excluding hydrogens is 370 g/mol. The molecule has 0 unspecified atom stereocenters. The number of imide groups is 1. The van der Waals surface area contributed by atoms with Gasteiger partial charge >= 0.3 is 6.03 Å². The Morgan fingerprint density at radius 3 is 2.62 bits per heavy atom. The van der Waals surface area contributed by atoms with Crippen molar-refractivity contribution in [2.45, 2.75) is 19.4 Å². The molecule has 0 saturated carbocycles. The molecular formula is C22H21N3O4. The van der Waals surface area contributed by atoms with E-state index in [1.54, 1.807) is 37.3 Å². The summed E-state index contributed by atoms with van der Waals surface area (Å²) in [5.41, 5.74) is 0.152. The summed E-state index contributed by atoms with van der Waals surface area (Å²) in [6, 6.07) is 13.6. The molecule has 1 atom stereocenters.